The molecule has 1 N–H and O–H groups in total. The molecule has 0 aromatic heterocycles. The van der Waals surface area contributed by atoms with Gasteiger partial charge in [0.2, 0.25) is 0 Å². The van der Waals surface area contributed by atoms with Crippen LogP contribution in [0.5, 0.6) is 0 Å². The van der Waals surface area contributed by atoms with Gasteiger partial charge in [-0.25, -0.2) is 0 Å². The highest BCUT2D eigenvalue weighted by Gasteiger charge is 2.11. The molecule has 0 aliphatic heterocycles. The summed E-state index contributed by atoms with van der Waals surface area (Å²) in [6.45, 7) is 7.68. The second-order valence-electron chi connectivity index (χ2n) is 6.06. The molecule has 0 unspecified atom stereocenters. The Bertz CT molecular complexity index is 364. The Hall–Kier alpha value is -1.02. The van der Waals surface area contributed by atoms with E-state index < -0.39 is 0 Å². The van der Waals surface area contributed by atoms with Gasteiger partial charge in [-0.1, -0.05) is 43.4 Å². The lowest BCUT2D eigenvalue weighted by Crippen LogP contribution is -2.37. The molecule has 2 nitrogen and oxygen atoms in total. The molecule has 20 heavy (non-hydrogen) atoms. The Morgan fingerprint density at radius 2 is 1.70 bits per heavy atom. The van der Waals surface area contributed by atoms with Crippen molar-refractivity contribution in [2.24, 2.45) is 0 Å². The summed E-state index contributed by atoms with van der Waals surface area (Å²) in [4.78, 5) is 2.46. The van der Waals surface area contributed by atoms with E-state index in [1.807, 2.05) is 0 Å². The Kier molecular flexibility index (Phi) is 6.38. The molecular formula is C18H30N2. The summed E-state index contributed by atoms with van der Waals surface area (Å²) >= 11 is 0. The highest BCUT2D eigenvalue weighted by atomic mass is 15.1. The molecule has 1 aromatic carbocycles. The first-order valence-corrected chi connectivity index (χ1v) is 8.34. The van der Waals surface area contributed by atoms with Crippen LogP contribution >= 0.6 is 0 Å². The van der Waals surface area contributed by atoms with E-state index in [0.29, 0.717) is 0 Å². The van der Waals surface area contributed by atoms with E-state index in [2.05, 4.69) is 48.3 Å². The molecule has 0 radical (unpaired) electrons. The van der Waals surface area contributed by atoms with E-state index in [0.717, 1.165) is 25.7 Å². The van der Waals surface area contributed by atoms with Gasteiger partial charge in [0.1, 0.15) is 0 Å². The zero-order valence-corrected chi connectivity index (χ0v) is 13.2. The number of hydrogen-bond donors (Lipinski definition) is 1. The monoisotopic (exact) mass is 274 g/mol. The minimum absolute atomic E-state index is 0.759. The molecule has 1 saturated carbocycles. The van der Waals surface area contributed by atoms with Gasteiger partial charge in [-0.05, 0) is 38.8 Å². The quantitative estimate of drug-likeness (QED) is 0.785. The second kappa shape index (κ2) is 8.31. The number of likely N-dealkylation sites (N-methyl/N-ethyl adjacent to an activating group) is 1. The van der Waals surface area contributed by atoms with E-state index in [-0.39, 0.29) is 0 Å². The summed E-state index contributed by atoms with van der Waals surface area (Å²) in [5.74, 6) is 0. The van der Waals surface area contributed by atoms with Crippen molar-refractivity contribution in [3.63, 3.8) is 0 Å². The smallest absolute Gasteiger partial charge is 0.0366 e. The average Bonchev–Trinajstić information content (AvgIpc) is 2.74. The Morgan fingerprint density at radius 1 is 1.05 bits per heavy atom. The van der Waals surface area contributed by atoms with Gasteiger partial charge < -0.3 is 10.2 Å². The maximum atomic E-state index is 3.77. The Labute approximate surface area is 124 Å². The summed E-state index contributed by atoms with van der Waals surface area (Å²) in [6, 6.07) is 9.65. The summed E-state index contributed by atoms with van der Waals surface area (Å²) in [5, 5.41) is 3.77. The third-order valence-electron chi connectivity index (χ3n) is 4.45. The first-order chi connectivity index (χ1) is 9.79. The van der Waals surface area contributed by atoms with Crippen molar-refractivity contribution in [2.75, 3.05) is 24.5 Å². The lowest BCUT2D eigenvalue weighted by atomic mass is 10.1. The van der Waals surface area contributed by atoms with Crippen LogP contribution in [-0.4, -0.2) is 25.7 Å². The van der Waals surface area contributed by atoms with Crippen LogP contribution in [0.15, 0.2) is 24.3 Å². The third-order valence-corrected chi connectivity index (χ3v) is 4.45. The van der Waals surface area contributed by atoms with E-state index in [9.17, 15) is 0 Å². The summed E-state index contributed by atoms with van der Waals surface area (Å²) in [6.07, 6.45) is 8.43. The van der Waals surface area contributed by atoms with Crippen molar-refractivity contribution in [3.8, 4) is 0 Å². The summed E-state index contributed by atoms with van der Waals surface area (Å²) < 4.78 is 0. The zero-order valence-electron chi connectivity index (χ0n) is 13.2. The molecule has 1 aliphatic rings. The van der Waals surface area contributed by atoms with Crippen molar-refractivity contribution in [1.29, 1.82) is 0 Å². The molecule has 2 rings (SSSR count). The predicted octanol–water partition coefficient (Wildman–Crippen LogP) is 4.13. The minimum Gasteiger partial charge on any atom is -0.371 e. The first kappa shape index (κ1) is 15.4. The molecule has 1 fully saturated rings. The molecule has 0 saturated heterocycles. The van der Waals surface area contributed by atoms with Crippen LogP contribution in [0, 0.1) is 6.92 Å². The standard InChI is InChI=1S/C18H30N2/c1-3-20(18-12-10-16(2)11-13-18)15-14-19-17-8-6-4-5-7-9-17/h10-13,17,19H,3-9,14-15H2,1-2H3. The lowest BCUT2D eigenvalue weighted by molar-refractivity contribution is 0.462. The molecule has 112 valence electrons. The van der Waals surface area contributed by atoms with Gasteiger partial charge in [0, 0.05) is 31.4 Å². The van der Waals surface area contributed by atoms with Crippen LogP contribution in [0.2, 0.25) is 0 Å². The van der Waals surface area contributed by atoms with Crippen LogP contribution in [0.3, 0.4) is 0 Å². The fourth-order valence-electron chi connectivity index (χ4n) is 3.11. The number of aryl methyl sites for hydroxylation is 1. The Balaban J connectivity index is 1.77. The molecule has 0 heterocycles. The third kappa shape index (κ3) is 4.82. The van der Waals surface area contributed by atoms with Gasteiger partial charge in [0.15, 0.2) is 0 Å². The summed E-state index contributed by atoms with van der Waals surface area (Å²) in [5.41, 5.74) is 2.68. The highest BCUT2D eigenvalue weighted by molar-refractivity contribution is 5.47. The fraction of sp³-hybridized carbons (Fsp3) is 0.667. The highest BCUT2D eigenvalue weighted by Crippen LogP contribution is 2.17. The van der Waals surface area contributed by atoms with Crippen LogP contribution in [0.25, 0.3) is 0 Å². The maximum Gasteiger partial charge on any atom is 0.0366 e. The Morgan fingerprint density at radius 3 is 2.30 bits per heavy atom. The molecule has 2 heteroatoms. The van der Waals surface area contributed by atoms with Crippen molar-refractivity contribution in [1.82, 2.24) is 5.32 Å². The number of nitrogens with zero attached hydrogens (tertiary/aromatic N) is 1. The lowest BCUT2D eigenvalue weighted by Gasteiger charge is -2.25. The molecule has 1 aliphatic carbocycles. The predicted molar refractivity (Wildman–Crippen MR) is 88.6 cm³/mol. The van der Waals surface area contributed by atoms with Crippen LogP contribution in [-0.2, 0) is 0 Å². The molecule has 0 spiro atoms. The van der Waals surface area contributed by atoms with Crippen molar-refractivity contribution < 1.29 is 0 Å². The number of nitrogens with one attached hydrogen (secondary N) is 1. The number of anilines is 1. The van der Waals surface area contributed by atoms with E-state index >= 15 is 0 Å². The van der Waals surface area contributed by atoms with Gasteiger partial charge in [-0.15, -0.1) is 0 Å². The number of hydrogen-bond acceptors (Lipinski definition) is 2. The number of rotatable bonds is 6. The van der Waals surface area contributed by atoms with Gasteiger partial charge in [0.05, 0.1) is 0 Å². The number of benzene rings is 1. The summed E-state index contributed by atoms with van der Waals surface area (Å²) in [7, 11) is 0. The molecule has 0 atom stereocenters. The van der Waals surface area contributed by atoms with Crippen molar-refractivity contribution in [2.45, 2.75) is 58.4 Å². The SMILES string of the molecule is CCN(CCNC1CCCCCC1)c1ccc(C)cc1. The zero-order chi connectivity index (χ0) is 14.2. The van der Waals surface area contributed by atoms with Gasteiger partial charge in [0.25, 0.3) is 0 Å². The average molecular weight is 274 g/mol. The topological polar surface area (TPSA) is 15.3 Å². The second-order valence-corrected chi connectivity index (χ2v) is 6.06. The van der Waals surface area contributed by atoms with E-state index in [4.69, 9.17) is 0 Å². The van der Waals surface area contributed by atoms with E-state index in [1.54, 1.807) is 0 Å². The molecular weight excluding hydrogens is 244 g/mol. The van der Waals surface area contributed by atoms with Crippen LogP contribution < -0.4 is 10.2 Å². The minimum atomic E-state index is 0.759. The molecule has 0 amide bonds. The van der Waals surface area contributed by atoms with Crippen molar-refractivity contribution in [3.05, 3.63) is 29.8 Å². The molecule has 0 bridgehead atoms. The molecule has 1 aromatic rings. The van der Waals surface area contributed by atoms with Crippen LogP contribution in [0.1, 0.15) is 51.0 Å². The maximum absolute atomic E-state index is 3.77. The normalized spacial score (nSPS) is 16.9. The van der Waals surface area contributed by atoms with Gasteiger partial charge in [-0.3, -0.25) is 0 Å². The largest absolute Gasteiger partial charge is 0.371 e. The van der Waals surface area contributed by atoms with Gasteiger partial charge >= 0.3 is 0 Å². The van der Waals surface area contributed by atoms with Crippen molar-refractivity contribution >= 4 is 5.69 Å². The van der Waals surface area contributed by atoms with E-state index in [1.165, 1.54) is 49.8 Å². The first-order valence-electron chi connectivity index (χ1n) is 8.34. The fourth-order valence-corrected chi connectivity index (χ4v) is 3.11. The van der Waals surface area contributed by atoms with Crippen LogP contribution in [0.4, 0.5) is 5.69 Å². The van der Waals surface area contributed by atoms with Gasteiger partial charge in [-0.2, -0.15) is 0 Å².